The number of rotatable bonds is 10. The summed E-state index contributed by atoms with van der Waals surface area (Å²) in [6.45, 7) is 13.1. The molecular weight excluding hydrogens is 789 g/mol. The largest absolute Gasteiger partial charge is 0.493 e. The van der Waals surface area contributed by atoms with E-state index in [-0.39, 0.29) is 69.6 Å². The molecule has 20 heteroatoms. The summed E-state index contributed by atoms with van der Waals surface area (Å²) in [6, 6.07) is 7.62. The Morgan fingerprint density at radius 3 is 1.75 bits per heavy atom. The van der Waals surface area contributed by atoms with Crippen LogP contribution in [0.4, 0.5) is 24.2 Å². The SMILES string of the molecule is CC(C)=C(C#N)C#N.CCOc1c([C@H](C)NN)cc(Cl)c(F)c1[C@@H]1CNC(=O)O1.CCOc1c([C@H](C)n2nc(C)c(C#N)c2N)cc(Cl)c(F)c1[C@@H]1CNC(=O)O1. The van der Waals surface area contributed by atoms with Crippen molar-refractivity contribution in [2.24, 2.45) is 5.84 Å². The number of nitrogens with one attached hydrogen (secondary N) is 3. The molecule has 3 heterocycles. The van der Waals surface area contributed by atoms with Crippen molar-refractivity contribution >= 4 is 41.2 Å². The summed E-state index contributed by atoms with van der Waals surface area (Å²) in [5, 5.41) is 34.7. The number of benzene rings is 2. The number of hydrogen-bond donors (Lipinski definition) is 5. The number of halogens is 4. The van der Waals surface area contributed by atoms with Gasteiger partial charge in [0.25, 0.3) is 0 Å². The molecule has 0 bridgehead atoms. The third-order valence-electron chi connectivity index (χ3n) is 8.55. The molecule has 3 aromatic rings. The van der Waals surface area contributed by atoms with E-state index in [1.165, 1.54) is 16.8 Å². The van der Waals surface area contributed by atoms with Crippen molar-refractivity contribution in [3.8, 4) is 29.7 Å². The van der Waals surface area contributed by atoms with Crippen molar-refractivity contribution in [1.82, 2.24) is 25.8 Å². The molecule has 0 spiro atoms. The van der Waals surface area contributed by atoms with Gasteiger partial charge in [-0.25, -0.2) is 23.1 Å². The molecule has 2 amide bonds. The molecule has 0 radical (unpaired) electrons. The molecule has 304 valence electrons. The number of carbonyl (C=O) groups excluding carboxylic acids is 2. The van der Waals surface area contributed by atoms with Gasteiger partial charge in [0.1, 0.15) is 46.7 Å². The highest BCUT2D eigenvalue weighted by Gasteiger charge is 2.35. The summed E-state index contributed by atoms with van der Waals surface area (Å²) >= 11 is 12.1. The predicted octanol–water partition coefficient (Wildman–Crippen LogP) is 6.78. The van der Waals surface area contributed by atoms with E-state index in [0.29, 0.717) is 29.2 Å². The first-order valence-electron chi connectivity index (χ1n) is 17.4. The van der Waals surface area contributed by atoms with E-state index in [1.807, 2.05) is 6.07 Å². The van der Waals surface area contributed by atoms with E-state index in [0.717, 1.165) is 5.57 Å². The van der Waals surface area contributed by atoms with Crippen molar-refractivity contribution in [2.45, 2.75) is 72.8 Å². The monoisotopic (exact) mass is 830 g/mol. The molecule has 2 aliphatic heterocycles. The number of cyclic esters (lactones) is 2. The lowest BCUT2D eigenvalue weighted by Crippen LogP contribution is -2.26. The molecular formula is C37H42Cl2F2N10O6. The van der Waals surface area contributed by atoms with Crippen LogP contribution in [0.1, 0.15) is 99.3 Å². The Morgan fingerprint density at radius 2 is 1.42 bits per heavy atom. The molecule has 57 heavy (non-hydrogen) atoms. The summed E-state index contributed by atoms with van der Waals surface area (Å²) in [7, 11) is 0. The molecule has 1 aromatic heterocycles. The minimum atomic E-state index is -0.884. The van der Waals surface area contributed by atoms with Crippen LogP contribution in [-0.4, -0.2) is 48.3 Å². The van der Waals surface area contributed by atoms with Crippen molar-refractivity contribution in [3.05, 3.63) is 78.5 Å². The smallest absolute Gasteiger partial charge is 0.407 e. The number of hydrogen-bond acceptors (Lipinski definition) is 13. The summed E-state index contributed by atoms with van der Waals surface area (Å²) in [5.41, 5.74) is 11.7. The van der Waals surface area contributed by atoms with Crippen molar-refractivity contribution < 1.29 is 37.3 Å². The second-order valence-electron chi connectivity index (χ2n) is 12.5. The fraction of sp³-hybridized carbons (Fsp3) is 0.405. The Bertz CT molecular complexity index is 2140. The van der Waals surface area contributed by atoms with Gasteiger partial charge in [-0.2, -0.15) is 20.9 Å². The molecule has 2 fully saturated rings. The molecule has 2 aliphatic rings. The number of ether oxygens (including phenoxy) is 4. The third kappa shape index (κ3) is 10.3. The lowest BCUT2D eigenvalue weighted by Gasteiger charge is -2.23. The number of nitrogens with two attached hydrogens (primary N) is 2. The van der Waals surface area contributed by atoms with Gasteiger partial charge in [-0.3, -0.25) is 11.3 Å². The minimum absolute atomic E-state index is 0.0532. The molecule has 5 rings (SSSR count). The van der Waals surface area contributed by atoms with Crippen LogP contribution in [0.5, 0.6) is 11.5 Å². The van der Waals surface area contributed by atoms with Crippen molar-refractivity contribution in [1.29, 1.82) is 15.8 Å². The van der Waals surface area contributed by atoms with Gasteiger partial charge in [0, 0.05) is 17.2 Å². The zero-order chi connectivity index (χ0) is 42.7. The number of aryl methyl sites for hydroxylation is 1. The first kappa shape index (κ1) is 45.5. The van der Waals surface area contributed by atoms with E-state index in [9.17, 15) is 23.6 Å². The van der Waals surface area contributed by atoms with Gasteiger partial charge in [0.15, 0.2) is 23.8 Å². The fourth-order valence-electron chi connectivity index (χ4n) is 5.68. The number of nitrogen functional groups attached to an aromatic ring is 1. The number of nitrogens with zero attached hydrogens (tertiary/aromatic N) is 5. The molecule has 7 N–H and O–H groups in total. The van der Waals surface area contributed by atoms with Crippen LogP contribution in [0.15, 0.2) is 23.3 Å². The first-order valence-corrected chi connectivity index (χ1v) is 18.1. The lowest BCUT2D eigenvalue weighted by atomic mass is 9.99. The third-order valence-corrected chi connectivity index (χ3v) is 9.10. The van der Waals surface area contributed by atoms with Crippen LogP contribution in [0.3, 0.4) is 0 Å². The second kappa shape index (κ2) is 20.4. The van der Waals surface area contributed by atoms with Gasteiger partial charge < -0.3 is 35.3 Å². The van der Waals surface area contributed by atoms with E-state index >= 15 is 0 Å². The predicted molar refractivity (Wildman–Crippen MR) is 205 cm³/mol. The standard InChI is InChI=1S/C18H19ClFN5O3.C13H17ClFN3O3.C6H6N2/c1-4-27-16-10(9(3)25-17(22)11(6-21)8(2)24-25)5-12(19)15(20)14(16)13-7-23-18(26)28-13;1-3-20-12-7(6(2)18-16)4-8(14)11(15)10(12)9-5-17-13(19)21-9;1-5(2)6(3-7)4-8/h5,9,13H,4,7,22H2,1-3H3,(H,23,26);4,6,9,18H,3,5,16H2,1-2H3,(H,17,19);1-2H3/t9-,13-;6-,9-;/m00./s1. The summed E-state index contributed by atoms with van der Waals surface area (Å²) in [5.74, 6) is 4.76. The number of amides is 2. The average molecular weight is 832 g/mol. The molecule has 2 saturated heterocycles. The van der Waals surface area contributed by atoms with E-state index in [2.05, 4.69) is 21.2 Å². The number of anilines is 1. The first-order chi connectivity index (χ1) is 27.0. The molecule has 16 nitrogen and oxygen atoms in total. The van der Waals surface area contributed by atoms with Crippen LogP contribution in [0.25, 0.3) is 0 Å². The molecule has 0 unspecified atom stereocenters. The zero-order valence-electron chi connectivity index (χ0n) is 32.1. The van der Waals surface area contributed by atoms with E-state index in [4.69, 9.17) is 64.2 Å². The average Bonchev–Trinajstić information content (AvgIpc) is 3.88. The Balaban J connectivity index is 0.000000264. The van der Waals surface area contributed by atoms with Crippen LogP contribution in [-0.2, 0) is 9.47 Å². The van der Waals surface area contributed by atoms with Crippen LogP contribution < -0.4 is 37.1 Å². The number of alkyl carbamates (subject to hydrolysis) is 2. The maximum Gasteiger partial charge on any atom is 0.407 e. The highest BCUT2D eigenvalue weighted by molar-refractivity contribution is 6.31. The van der Waals surface area contributed by atoms with Gasteiger partial charge in [0.2, 0.25) is 0 Å². The number of hydrazine groups is 1. The topological polar surface area (TPSA) is 248 Å². The number of aromatic nitrogens is 2. The van der Waals surface area contributed by atoms with Crippen LogP contribution >= 0.6 is 23.2 Å². The zero-order valence-corrected chi connectivity index (χ0v) is 33.7. The molecule has 4 atom stereocenters. The maximum atomic E-state index is 14.9. The van der Waals surface area contributed by atoms with Crippen LogP contribution in [0.2, 0.25) is 10.0 Å². The second-order valence-corrected chi connectivity index (χ2v) is 13.3. The summed E-state index contributed by atoms with van der Waals surface area (Å²) in [4.78, 5) is 22.7. The quantitative estimate of drug-likeness (QED) is 0.0804. The van der Waals surface area contributed by atoms with Gasteiger partial charge >= 0.3 is 12.2 Å². The minimum Gasteiger partial charge on any atom is -0.493 e. The van der Waals surface area contributed by atoms with Gasteiger partial charge in [-0.1, -0.05) is 23.2 Å². The Labute approximate surface area is 338 Å². The normalized spacial score (nSPS) is 16.3. The van der Waals surface area contributed by atoms with Gasteiger partial charge in [-0.15, -0.1) is 0 Å². The van der Waals surface area contributed by atoms with Crippen molar-refractivity contribution in [2.75, 3.05) is 32.0 Å². The highest BCUT2D eigenvalue weighted by Crippen LogP contribution is 2.43. The summed E-state index contributed by atoms with van der Waals surface area (Å²) in [6.07, 6.45) is -2.92. The Kier molecular flexibility index (Phi) is 16.3. The number of nitriles is 3. The Hall–Kier alpha value is -5.84. The summed E-state index contributed by atoms with van der Waals surface area (Å²) < 4.78 is 52.3. The fourth-order valence-corrected chi connectivity index (χ4v) is 6.12. The van der Waals surface area contributed by atoms with Crippen LogP contribution in [0, 0.1) is 52.6 Å². The number of allylic oxidation sites excluding steroid dienone is 2. The lowest BCUT2D eigenvalue weighted by molar-refractivity contribution is 0.136. The molecule has 0 aliphatic carbocycles. The molecule has 0 saturated carbocycles. The van der Waals surface area contributed by atoms with Gasteiger partial charge in [-0.05, 0) is 66.2 Å². The van der Waals surface area contributed by atoms with Crippen molar-refractivity contribution in [3.63, 3.8) is 0 Å². The maximum absolute atomic E-state index is 14.9. The Morgan fingerprint density at radius 1 is 0.965 bits per heavy atom. The van der Waals surface area contributed by atoms with E-state index in [1.54, 1.807) is 60.6 Å². The number of carbonyl (C=O) groups is 2. The van der Waals surface area contributed by atoms with E-state index < -0.39 is 42.1 Å². The highest BCUT2D eigenvalue weighted by atomic mass is 35.5. The van der Waals surface area contributed by atoms with Gasteiger partial charge in [0.05, 0.1) is 59.2 Å². The molecule has 2 aromatic carbocycles.